The van der Waals surface area contributed by atoms with E-state index < -0.39 is 11.4 Å². The van der Waals surface area contributed by atoms with Crippen molar-refractivity contribution in [2.75, 3.05) is 14.1 Å². The average molecular weight is 222 g/mol. The summed E-state index contributed by atoms with van der Waals surface area (Å²) >= 11 is 0. The van der Waals surface area contributed by atoms with Crippen LogP contribution in [0.5, 0.6) is 0 Å². The van der Waals surface area contributed by atoms with E-state index in [9.17, 15) is 9.90 Å². The highest BCUT2D eigenvalue weighted by molar-refractivity contribution is 5.74. The first-order valence-electron chi connectivity index (χ1n) is 5.18. The van der Waals surface area contributed by atoms with Gasteiger partial charge in [-0.2, -0.15) is 0 Å². The molecule has 0 aliphatic carbocycles. The lowest BCUT2D eigenvalue weighted by atomic mass is 9.81. The summed E-state index contributed by atoms with van der Waals surface area (Å²) in [4.78, 5) is 17.4. The van der Waals surface area contributed by atoms with E-state index in [1.165, 1.54) is 0 Å². The third-order valence-electron chi connectivity index (χ3n) is 2.72. The van der Waals surface area contributed by atoms with Crippen LogP contribution in [0, 0.1) is 5.41 Å². The number of hydrogen-bond acceptors (Lipinski definition) is 3. The molecular weight excluding hydrogens is 204 g/mol. The van der Waals surface area contributed by atoms with E-state index in [2.05, 4.69) is 4.98 Å². The Balaban J connectivity index is 3.16. The molecule has 0 aromatic carbocycles. The number of carboxylic acid groups (broad SMARTS) is 1. The number of carbonyl (C=O) groups is 1. The fourth-order valence-electron chi connectivity index (χ4n) is 1.93. The quantitative estimate of drug-likeness (QED) is 0.844. The van der Waals surface area contributed by atoms with E-state index in [4.69, 9.17) is 0 Å². The topological polar surface area (TPSA) is 53.4 Å². The molecule has 0 fully saturated rings. The first kappa shape index (κ1) is 12.6. The van der Waals surface area contributed by atoms with Crippen LogP contribution in [0.3, 0.4) is 0 Å². The van der Waals surface area contributed by atoms with E-state index in [-0.39, 0.29) is 6.04 Å². The van der Waals surface area contributed by atoms with Gasteiger partial charge in [0.25, 0.3) is 0 Å². The Morgan fingerprint density at radius 3 is 2.44 bits per heavy atom. The zero-order valence-corrected chi connectivity index (χ0v) is 10.1. The van der Waals surface area contributed by atoms with Crippen molar-refractivity contribution in [1.29, 1.82) is 0 Å². The van der Waals surface area contributed by atoms with Crippen molar-refractivity contribution in [3.63, 3.8) is 0 Å². The number of aromatic nitrogens is 1. The lowest BCUT2D eigenvalue weighted by Gasteiger charge is -2.34. The van der Waals surface area contributed by atoms with Gasteiger partial charge in [0, 0.05) is 6.20 Å². The van der Waals surface area contributed by atoms with Crippen molar-refractivity contribution in [2.45, 2.75) is 19.9 Å². The van der Waals surface area contributed by atoms with E-state index in [1.807, 2.05) is 37.2 Å². The van der Waals surface area contributed by atoms with Crippen molar-refractivity contribution >= 4 is 5.97 Å². The van der Waals surface area contributed by atoms with Crippen LogP contribution in [0.15, 0.2) is 24.4 Å². The molecule has 0 saturated carbocycles. The molecule has 1 heterocycles. The number of pyridine rings is 1. The Morgan fingerprint density at radius 2 is 2.06 bits per heavy atom. The zero-order chi connectivity index (χ0) is 12.3. The zero-order valence-electron chi connectivity index (χ0n) is 10.1. The summed E-state index contributed by atoms with van der Waals surface area (Å²) in [7, 11) is 3.73. The van der Waals surface area contributed by atoms with Gasteiger partial charge in [-0.1, -0.05) is 6.07 Å². The molecule has 88 valence electrons. The Labute approximate surface area is 95.9 Å². The van der Waals surface area contributed by atoms with Crippen molar-refractivity contribution < 1.29 is 9.90 Å². The minimum Gasteiger partial charge on any atom is -0.481 e. The molecule has 0 aliphatic rings. The maximum Gasteiger partial charge on any atom is 0.311 e. The summed E-state index contributed by atoms with van der Waals surface area (Å²) in [5, 5.41) is 9.27. The van der Waals surface area contributed by atoms with Gasteiger partial charge < -0.3 is 5.11 Å². The SMILES string of the molecule is CN(C)C(c1ccccn1)C(C)(C)C(=O)O. The fraction of sp³-hybridized carbons (Fsp3) is 0.500. The first-order chi connectivity index (χ1) is 7.37. The first-order valence-corrected chi connectivity index (χ1v) is 5.18. The number of hydrogen-bond donors (Lipinski definition) is 1. The lowest BCUT2D eigenvalue weighted by Crippen LogP contribution is -2.39. The average Bonchev–Trinajstić information content (AvgIpc) is 2.18. The summed E-state index contributed by atoms with van der Waals surface area (Å²) < 4.78 is 0. The summed E-state index contributed by atoms with van der Waals surface area (Å²) in [5.41, 5.74) is -0.0994. The number of rotatable bonds is 4. The van der Waals surface area contributed by atoms with Crippen LogP contribution in [0.25, 0.3) is 0 Å². The second-order valence-electron chi connectivity index (χ2n) is 4.65. The molecule has 0 bridgehead atoms. The molecule has 1 aromatic heterocycles. The van der Waals surface area contributed by atoms with Crippen LogP contribution >= 0.6 is 0 Å². The summed E-state index contributed by atoms with van der Waals surface area (Å²) in [6.07, 6.45) is 1.68. The van der Waals surface area contributed by atoms with Gasteiger partial charge in [-0.3, -0.25) is 14.7 Å². The van der Waals surface area contributed by atoms with Crippen molar-refractivity contribution in [2.24, 2.45) is 5.41 Å². The largest absolute Gasteiger partial charge is 0.481 e. The molecule has 16 heavy (non-hydrogen) atoms. The highest BCUT2D eigenvalue weighted by Crippen LogP contribution is 2.36. The molecular formula is C12H18N2O2. The Morgan fingerprint density at radius 1 is 1.44 bits per heavy atom. The molecule has 0 spiro atoms. The molecule has 1 unspecified atom stereocenters. The molecule has 1 rings (SSSR count). The predicted molar refractivity (Wildman–Crippen MR) is 62.1 cm³/mol. The van der Waals surface area contributed by atoms with Crippen LogP contribution in [0.2, 0.25) is 0 Å². The molecule has 1 aromatic rings. The van der Waals surface area contributed by atoms with Crippen LogP contribution in [-0.2, 0) is 4.79 Å². The Bertz CT molecular complexity index is 361. The molecule has 4 nitrogen and oxygen atoms in total. The molecule has 0 amide bonds. The number of carboxylic acids is 1. The van der Waals surface area contributed by atoms with E-state index in [1.54, 1.807) is 20.0 Å². The van der Waals surface area contributed by atoms with Crippen molar-refractivity contribution in [3.8, 4) is 0 Å². The second kappa shape index (κ2) is 4.61. The van der Waals surface area contributed by atoms with Crippen molar-refractivity contribution in [3.05, 3.63) is 30.1 Å². The number of aliphatic carboxylic acids is 1. The summed E-state index contributed by atoms with van der Waals surface area (Å²) in [6, 6.07) is 5.31. The monoisotopic (exact) mass is 222 g/mol. The Kier molecular flexibility index (Phi) is 3.65. The molecule has 4 heteroatoms. The van der Waals surface area contributed by atoms with Gasteiger partial charge in [-0.05, 0) is 40.1 Å². The van der Waals surface area contributed by atoms with Gasteiger partial charge in [0.05, 0.1) is 17.2 Å². The van der Waals surface area contributed by atoms with E-state index >= 15 is 0 Å². The second-order valence-corrected chi connectivity index (χ2v) is 4.65. The van der Waals surface area contributed by atoms with Gasteiger partial charge in [0.1, 0.15) is 0 Å². The minimum atomic E-state index is -0.877. The number of nitrogens with zero attached hydrogens (tertiary/aromatic N) is 2. The highest BCUT2D eigenvalue weighted by Gasteiger charge is 2.39. The van der Waals surface area contributed by atoms with E-state index in [0.717, 1.165) is 5.69 Å². The van der Waals surface area contributed by atoms with E-state index in [0.29, 0.717) is 0 Å². The normalized spacial score (nSPS) is 13.8. The molecule has 0 radical (unpaired) electrons. The van der Waals surface area contributed by atoms with Crippen LogP contribution in [-0.4, -0.2) is 35.1 Å². The maximum atomic E-state index is 11.3. The van der Waals surface area contributed by atoms with Gasteiger partial charge >= 0.3 is 5.97 Å². The van der Waals surface area contributed by atoms with Crippen LogP contribution < -0.4 is 0 Å². The minimum absolute atomic E-state index is 0.244. The van der Waals surface area contributed by atoms with Gasteiger partial charge in [-0.15, -0.1) is 0 Å². The summed E-state index contributed by atoms with van der Waals surface area (Å²) in [5.74, 6) is -0.822. The van der Waals surface area contributed by atoms with Crippen LogP contribution in [0.4, 0.5) is 0 Å². The third kappa shape index (κ3) is 2.39. The predicted octanol–water partition coefficient (Wildman–Crippen LogP) is 1.80. The van der Waals surface area contributed by atoms with Gasteiger partial charge in [0.2, 0.25) is 0 Å². The Hall–Kier alpha value is -1.42. The molecule has 1 N–H and O–H groups in total. The smallest absolute Gasteiger partial charge is 0.311 e. The highest BCUT2D eigenvalue weighted by atomic mass is 16.4. The van der Waals surface area contributed by atoms with Gasteiger partial charge in [-0.25, -0.2) is 0 Å². The standard InChI is InChI=1S/C12H18N2O2/c1-12(2,11(15)16)10(14(3)4)9-7-5-6-8-13-9/h5-8,10H,1-4H3,(H,15,16). The third-order valence-corrected chi connectivity index (χ3v) is 2.72. The maximum absolute atomic E-state index is 11.3. The molecule has 0 saturated heterocycles. The lowest BCUT2D eigenvalue weighted by molar-refractivity contribution is -0.150. The molecule has 1 atom stereocenters. The fourth-order valence-corrected chi connectivity index (χ4v) is 1.93. The van der Waals surface area contributed by atoms with Crippen molar-refractivity contribution in [1.82, 2.24) is 9.88 Å². The summed E-state index contributed by atoms with van der Waals surface area (Å²) in [6.45, 7) is 3.43. The van der Waals surface area contributed by atoms with Gasteiger partial charge in [0.15, 0.2) is 0 Å². The van der Waals surface area contributed by atoms with Crippen LogP contribution in [0.1, 0.15) is 25.6 Å². The molecule has 0 aliphatic heterocycles.